The van der Waals surface area contributed by atoms with Crippen molar-refractivity contribution in [3.8, 4) is 0 Å². The van der Waals surface area contributed by atoms with Gasteiger partial charge in [0, 0.05) is 13.1 Å². The van der Waals surface area contributed by atoms with E-state index in [-0.39, 0.29) is 9.92 Å². The van der Waals surface area contributed by atoms with Gasteiger partial charge in [-0.25, -0.2) is 8.42 Å². The molecule has 1 saturated heterocycles. The maximum Gasteiger partial charge on any atom is 0.243 e. The van der Waals surface area contributed by atoms with Gasteiger partial charge in [0.2, 0.25) is 10.0 Å². The minimum absolute atomic E-state index is 0.207. The molecule has 0 atom stereocenters. The molecule has 0 saturated carbocycles. The smallest absolute Gasteiger partial charge is 0.243 e. The van der Waals surface area contributed by atoms with Crippen molar-refractivity contribution in [3.05, 3.63) is 28.2 Å². The number of hydrogen-bond donors (Lipinski definition) is 1. The summed E-state index contributed by atoms with van der Waals surface area (Å²) in [7, 11) is -1.55. The zero-order chi connectivity index (χ0) is 14.8. The van der Waals surface area contributed by atoms with Crippen LogP contribution in [0.15, 0.2) is 23.1 Å². The van der Waals surface area contributed by atoms with E-state index in [2.05, 4.69) is 5.32 Å². The van der Waals surface area contributed by atoms with Gasteiger partial charge in [-0.1, -0.05) is 23.2 Å². The van der Waals surface area contributed by atoms with Crippen LogP contribution < -0.4 is 5.32 Å². The normalized spacial score (nSPS) is 18.4. The molecule has 20 heavy (non-hydrogen) atoms. The van der Waals surface area contributed by atoms with E-state index in [1.807, 2.05) is 7.05 Å². The predicted molar refractivity (Wildman–Crippen MR) is 81.9 cm³/mol. The third-order valence-corrected chi connectivity index (χ3v) is 6.23. The van der Waals surface area contributed by atoms with Crippen LogP contribution in [0.1, 0.15) is 12.8 Å². The van der Waals surface area contributed by atoms with Crippen LogP contribution in [0.4, 0.5) is 0 Å². The van der Waals surface area contributed by atoms with Crippen LogP contribution in [0.3, 0.4) is 0 Å². The summed E-state index contributed by atoms with van der Waals surface area (Å²) in [5.74, 6) is 0.542. The molecule has 7 heteroatoms. The molecule has 0 aromatic heterocycles. The van der Waals surface area contributed by atoms with Gasteiger partial charge in [0.25, 0.3) is 0 Å². The highest BCUT2D eigenvalue weighted by Crippen LogP contribution is 2.28. The number of benzene rings is 1. The second-order valence-corrected chi connectivity index (χ2v) is 7.73. The fourth-order valence-corrected chi connectivity index (χ4v) is 4.29. The molecule has 112 valence electrons. The topological polar surface area (TPSA) is 49.4 Å². The van der Waals surface area contributed by atoms with Gasteiger partial charge in [-0.3, -0.25) is 0 Å². The lowest BCUT2D eigenvalue weighted by Gasteiger charge is -2.31. The molecule has 1 N–H and O–H groups in total. The van der Waals surface area contributed by atoms with Gasteiger partial charge in [-0.15, -0.1) is 0 Å². The van der Waals surface area contributed by atoms with Crippen molar-refractivity contribution >= 4 is 33.2 Å². The fraction of sp³-hybridized carbons (Fsp3) is 0.538. The predicted octanol–water partition coefficient (Wildman–Crippen LogP) is 2.61. The maximum absolute atomic E-state index is 12.5. The van der Waals surface area contributed by atoms with Crippen LogP contribution in [0, 0.1) is 5.92 Å². The van der Waals surface area contributed by atoms with E-state index in [9.17, 15) is 8.42 Å². The van der Waals surface area contributed by atoms with Gasteiger partial charge in [0.1, 0.15) is 0 Å². The summed E-state index contributed by atoms with van der Waals surface area (Å²) in [6.07, 6.45) is 1.75. The Bertz CT molecular complexity index is 570. The Morgan fingerprint density at radius 1 is 1.25 bits per heavy atom. The molecule has 4 nitrogen and oxygen atoms in total. The van der Waals surface area contributed by atoms with Crippen molar-refractivity contribution in [2.24, 2.45) is 5.92 Å². The van der Waals surface area contributed by atoms with Gasteiger partial charge >= 0.3 is 0 Å². The molecule has 0 bridgehead atoms. The number of sulfonamides is 1. The zero-order valence-corrected chi connectivity index (χ0v) is 13.6. The Hall–Kier alpha value is -0.330. The molecular weight excluding hydrogens is 319 g/mol. The number of halogens is 2. The third kappa shape index (κ3) is 3.46. The molecule has 0 aliphatic carbocycles. The minimum Gasteiger partial charge on any atom is -0.319 e. The Kier molecular flexibility index (Phi) is 5.31. The molecule has 1 heterocycles. The van der Waals surface area contributed by atoms with Crippen molar-refractivity contribution in [1.82, 2.24) is 9.62 Å². The van der Waals surface area contributed by atoms with Crippen LogP contribution in [0.2, 0.25) is 10.0 Å². The van der Waals surface area contributed by atoms with Crippen LogP contribution in [-0.2, 0) is 10.0 Å². The SMILES string of the molecule is CNCC1CCN(S(=O)(=O)c2ccc(Cl)c(Cl)c2)CC1. The van der Waals surface area contributed by atoms with Crippen molar-refractivity contribution in [2.75, 3.05) is 26.7 Å². The first-order valence-electron chi connectivity index (χ1n) is 6.55. The third-order valence-electron chi connectivity index (χ3n) is 3.60. The molecular formula is C13H18Cl2N2O2S. The van der Waals surface area contributed by atoms with E-state index in [4.69, 9.17) is 23.2 Å². The molecule has 1 aromatic rings. The van der Waals surface area contributed by atoms with Gasteiger partial charge in [-0.05, 0) is 50.6 Å². The van der Waals surface area contributed by atoms with Crippen LogP contribution in [-0.4, -0.2) is 39.4 Å². The Morgan fingerprint density at radius 3 is 2.45 bits per heavy atom. The van der Waals surface area contributed by atoms with E-state index in [0.29, 0.717) is 24.0 Å². The molecule has 0 amide bonds. The summed E-state index contributed by atoms with van der Waals surface area (Å²) < 4.78 is 26.6. The van der Waals surface area contributed by atoms with E-state index in [0.717, 1.165) is 19.4 Å². The minimum atomic E-state index is -3.47. The van der Waals surface area contributed by atoms with E-state index >= 15 is 0 Å². The fourth-order valence-electron chi connectivity index (χ4n) is 2.43. The number of nitrogens with zero attached hydrogens (tertiary/aromatic N) is 1. The van der Waals surface area contributed by atoms with Crippen LogP contribution >= 0.6 is 23.2 Å². The number of rotatable bonds is 4. The molecule has 1 aromatic carbocycles. The number of hydrogen-bond acceptors (Lipinski definition) is 3. The van der Waals surface area contributed by atoms with Gasteiger partial charge in [-0.2, -0.15) is 4.31 Å². The lowest BCUT2D eigenvalue weighted by atomic mass is 9.98. The summed E-state index contributed by atoms with van der Waals surface area (Å²) in [6.45, 7) is 2.03. The summed E-state index contributed by atoms with van der Waals surface area (Å²) in [5.41, 5.74) is 0. The summed E-state index contributed by atoms with van der Waals surface area (Å²) in [5, 5.41) is 3.76. The standard InChI is InChI=1S/C13H18Cl2N2O2S/c1-16-9-10-4-6-17(7-5-10)20(18,19)11-2-3-12(14)13(15)8-11/h2-3,8,10,16H,4-7,9H2,1H3. The molecule has 0 spiro atoms. The average molecular weight is 337 g/mol. The monoisotopic (exact) mass is 336 g/mol. The molecule has 1 aliphatic heterocycles. The molecule has 1 aliphatic rings. The molecule has 1 fully saturated rings. The molecule has 2 rings (SSSR count). The van der Waals surface area contributed by atoms with Crippen molar-refractivity contribution in [1.29, 1.82) is 0 Å². The van der Waals surface area contributed by atoms with Crippen molar-refractivity contribution < 1.29 is 8.42 Å². The van der Waals surface area contributed by atoms with Gasteiger partial charge in [0.15, 0.2) is 0 Å². The van der Waals surface area contributed by atoms with Crippen LogP contribution in [0.5, 0.6) is 0 Å². The largest absolute Gasteiger partial charge is 0.319 e. The average Bonchev–Trinajstić information content (AvgIpc) is 2.43. The van der Waals surface area contributed by atoms with E-state index in [1.165, 1.54) is 22.5 Å². The maximum atomic E-state index is 12.5. The van der Waals surface area contributed by atoms with E-state index < -0.39 is 10.0 Å². The van der Waals surface area contributed by atoms with Crippen molar-refractivity contribution in [2.45, 2.75) is 17.7 Å². The Labute approximate surface area is 130 Å². The number of nitrogens with one attached hydrogen (secondary N) is 1. The van der Waals surface area contributed by atoms with Gasteiger partial charge in [0.05, 0.1) is 14.9 Å². The highest BCUT2D eigenvalue weighted by atomic mass is 35.5. The summed E-state index contributed by atoms with van der Waals surface area (Å²) >= 11 is 11.7. The van der Waals surface area contributed by atoms with E-state index in [1.54, 1.807) is 0 Å². The number of piperidine rings is 1. The second-order valence-electron chi connectivity index (χ2n) is 4.98. The lowest BCUT2D eigenvalue weighted by molar-refractivity contribution is 0.270. The highest BCUT2D eigenvalue weighted by molar-refractivity contribution is 7.89. The lowest BCUT2D eigenvalue weighted by Crippen LogP contribution is -2.40. The molecule has 0 radical (unpaired) electrons. The first-order valence-corrected chi connectivity index (χ1v) is 8.74. The first kappa shape index (κ1) is 16.0. The summed E-state index contributed by atoms with van der Waals surface area (Å²) in [4.78, 5) is 0.207. The first-order chi connectivity index (χ1) is 9.45. The van der Waals surface area contributed by atoms with Gasteiger partial charge < -0.3 is 5.32 Å². The Morgan fingerprint density at radius 2 is 1.90 bits per heavy atom. The van der Waals surface area contributed by atoms with Crippen molar-refractivity contribution in [3.63, 3.8) is 0 Å². The second kappa shape index (κ2) is 6.62. The highest BCUT2D eigenvalue weighted by Gasteiger charge is 2.29. The molecule has 0 unspecified atom stereocenters. The van der Waals surface area contributed by atoms with Crippen LogP contribution in [0.25, 0.3) is 0 Å². The zero-order valence-electron chi connectivity index (χ0n) is 11.3. The Balaban J connectivity index is 2.13. The quantitative estimate of drug-likeness (QED) is 0.919. The summed E-state index contributed by atoms with van der Waals surface area (Å²) in [6, 6.07) is 4.44.